The van der Waals surface area contributed by atoms with Crippen LogP contribution in [0.5, 0.6) is 11.5 Å². The fraction of sp³-hybridized carbons (Fsp3) is 0.390. The molecule has 2 atom stereocenters. The number of phenols is 1. The van der Waals surface area contributed by atoms with Crippen LogP contribution >= 0.6 is 0 Å². The van der Waals surface area contributed by atoms with Gasteiger partial charge in [-0.2, -0.15) is 5.26 Å². The first-order valence-corrected chi connectivity index (χ1v) is 25.9. The van der Waals surface area contributed by atoms with Gasteiger partial charge in [0.15, 0.2) is 0 Å². The summed E-state index contributed by atoms with van der Waals surface area (Å²) < 4.78 is 36.3. The number of anilines is 2. The fourth-order valence-electron chi connectivity index (χ4n) is 11.1. The minimum atomic E-state index is -0.516. The first-order chi connectivity index (χ1) is 35.8. The Balaban J connectivity index is 0.993. The molecule has 0 unspecified atom stereocenters. The van der Waals surface area contributed by atoms with Gasteiger partial charge in [0.1, 0.15) is 29.1 Å². The summed E-state index contributed by atoms with van der Waals surface area (Å²) in [6.45, 7) is 9.51. The van der Waals surface area contributed by atoms with Gasteiger partial charge in [0.25, 0.3) is 11.8 Å². The summed E-state index contributed by atoms with van der Waals surface area (Å²) in [6, 6.07) is 29.1. The molecule has 6 heterocycles. The van der Waals surface area contributed by atoms with Crippen LogP contribution in [0.3, 0.4) is 0 Å². The molecule has 0 spiro atoms. The predicted octanol–water partition coefficient (Wildman–Crippen LogP) is 8.71. The van der Waals surface area contributed by atoms with E-state index in [0.29, 0.717) is 109 Å². The molecule has 0 radical (unpaired) electrons. The third-order valence-corrected chi connectivity index (χ3v) is 15.6. The molecule has 74 heavy (non-hydrogen) atoms. The number of aromatic hydroxyl groups is 1. The maximum Gasteiger partial charge on any atom is 0.264 e. The zero-order valence-corrected chi connectivity index (χ0v) is 42.7. The minimum Gasteiger partial charge on any atom is -0.508 e. The van der Waals surface area contributed by atoms with Crippen LogP contribution in [0.2, 0.25) is 0 Å². The van der Waals surface area contributed by atoms with Gasteiger partial charge in [0.2, 0.25) is 5.91 Å². The van der Waals surface area contributed by atoms with E-state index >= 15 is 14.0 Å². The normalized spacial score (nSPS) is 17.8. The van der Waals surface area contributed by atoms with E-state index < -0.39 is 5.82 Å². The summed E-state index contributed by atoms with van der Waals surface area (Å²) >= 11 is 0. The Bertz CT molecular complexity index is 3130. The highest BCUT2D eigenvalue weighted by molar-refractivity contribution is 6.13. The van der Waals surface area contributed by atoms with Crippen molar-refractivity contribution < 1.29 is 38.1 Å². The molecule has 0 bridgehead atoms. The lowest BCUT2D eigenvalue weighted by Crippen LogP contribution is -2.51. The van der Waals surface area contributed by atoms with Crippen molar-refractivity contribution in [3.8, 4) is 28.8 Å². The second-order valence-electron chi connectivity index (χ2n) is 20.2. The number of benzene rings is 4. The van der Waals surface area contributed by atoms with E-state index in [0.717, 1.165) is 55.6 Å². The van der Waals surface area contributed by atoms with Gasteiger partial charge in [-0.25, -0.2) is 4.39 Å². The second kappa shape index (κ2) is 21.7. The number of carbonyl (C=O) groups excluding carboxylic acids is 3. The lowest BCUT2D eigenvalue weighted by Gasteiger charge is -2.41. The van der Waals surface area contributed by atoms with Crippen LogP contribution in [0.1, 0.15) is 91.3 Å². The number of piperidine rings is 1. The molecular formula is C59H64FN7O7. The van der Waals surface area contributed by atoms with Gasteiger partial charge < -0.3 is 43.2 Å². The number of nitriles is 1. The molecule has 15 heteroatoms. The first-order valence-electron chi connectivity index (χ1n) is 25.9. The van der Waals surface area contributed by atoms with E-state index in [1.54, 1.807) is 51.7 Å². The number of carbonyl (C=O) groups is 3. The van der Waals surface area contributed by atoms with Crippen molar-refractivity contribution >= 4 is 29.1 Å². The Hall–Kier alpha value is -7.25. The molecule has 14 nitrogen and oxygen atoms in total. The van der Waals surface area contributed by atoms with Gasteiger partial charge in [-0.3, -0.25) is 19.3 Å². The molecule has 2 aromatic heterocycles. The average molecular weight is 1000 g/mol. The molecule has 4 aromatic carbocycles. The van der Waals surface area contributed by atoms with Crippen molar-refractivity contribution in [3.05, 3.63) is 153 Å². The van der Waals surface area contributed by atoms with Crippen LogP contribution in [0.15, 0.2) is 91.0 Å². The number of halogens is 1. The summed E-state index contributed by atoms with van der Waals surface area (Å²) in [5, 5.41) is 20.2. The number of fused-ring (bicyclic) bond motifs is 2. The zero-order valence-electron chi connectivity index (χ0n) is 42.7. The SMILES string of the molecule is Cc1c(N(C(=O)c2cc(-c3cc4c(cc3C(=O)N3Cc5ccccc5C[C@H]3CN3CCCCC3)CN(C(=O)Cc3ccc(OCC[C@H]5COCCO5)cc3F)CC4)n(C)c2C)c2ccc(O)cc2)cc(C#N)n1C. The summed E-state index contributed by atoms with van der Waals surface area (Å²) in [5.74, 6) is -0.788. The number of phenolic OH excluding ortho intramolecular Hbond substituents is 1. The van der Waals surface area contributed by atoms with Crippen molar-refractivity contribution in [1.29, 1.82) is 5.26 Å². The number of rotatable bonds is 13. The average Bonchev–Trinajstić information content (AvgIpc) is 3.88. The smallest absolute Gasteiger partial charge is 0.264 e. The minimum absolute atomic E-state index is 0.0485. The molecule has 1 N–H and O–H groups in total. The molecule has 2 fully saturated rings. The number of nitrogens with zero attached hydrogens (tertiary/aromatic N) is 7. The number of hydrogen-bond donors (Lipinski definition) is 1. The second-order valence-corrected chi connectivity index (χ2v) is 20.2. The molecule has 3 amide bonds. The molecule has 10 rings (SSSR count). The molecule has 2 saturated heterocycles. The lowest BCUT2D eigenvalue weighted by molar-refractivity contribution is -0.131. The monoisotopic (exact) mass is 1000 g/mol. The molecular weight excluding hydrogens is 938 g/mol. The standard InChI is InChI=1S/C59H64FN7O7/c1-38-51(59(71)67(45-13-15-48(68)16-14-45)55-30-46(33-61)62(3)39(55)2)32-56(63(38)4)52-27-41-18-22-65(57(69)29-42-12-17-49(31-54(42)60)73-23-19-50-37-72-24-25-74-50)34-44(41)28-53(52)58(70)66-35-43-11-7-6-10-40(43)26-47(66)36-64-20-8-5-9-21-64/h6-7,10-17,27-28,30-32,47,50,68H,5,8-9,18-26,29,34-37H2,1-4H3/t47-,50-/m0/s1. The van der Waals surface area contributed by atoms with Crippen LogP contribution in [0.25, 0.3) is 11.3 Å². The van der Waals surface area contributed by atoms with Crippen molar-refractivity contribution in [1.82, 2.24) is 23.8 Å². The Morgan fingerprint density at radius 2 is 1.62 bits per heavy atom. The van der Waals surface area contributed by atoms with Gasteiger partial charge in [0.05, 0.1) is 50.2 Å². The van der Waals surface area contributed by atoms with Gasteiger partial charge >= 0.3 is 0 Å². The predicted molar refractivity (Wildman–Crippen MR) is 279 cm³/mol. The zero-order chi connectivity index (χ0) is 51.6. The number of aromatic nitrogens is 2. The Morgan fingerprint density at radius 3 is 2.35 bits per heavy atom. The number of amides is 3. The molecule has 384 valence electrons. The Labute approximate surface area is 432 Å². The van der Waals surface area contributed by atoms with Crippen LogP contribution < -0.4 is 9.64 Å². The molecule has 4 aliphatic heterocycles. The van der Waals surface area contributed by atoms with Crippen molar-refractivity contribution in [2.24, 2.45) is 14.1 Å². The third kappa shape index (κ3) is 10.3. The van der Waals surface area contributed by atoms with E-state index in [4.69, 9.17) is 14.2 Å². The van der Waals surface area contributed by atoms with Crippen LogP contribution in [-0.4, -0.2) is 111 Å². The highest BCUT2D eigenvalue weighted by atomic mass is 19.1. The van der Waals surface area contributed by atoms with Gasteiger partial charge in [0, 0.05) is 92.7 Å². The third-order valence-electron chi connectivity index (χ3n) is 15.6. The summed E-state index contributed by atoms with van der Waals surface area (Å²) in [5.41, 5.74) is 9.45. The van der Waals surface area contributed by atoms with E-state index in [2.05, 4.69) is 35.2 Å². The Kier molecular flexibility index (Phi) is 14.7. The number of hydrogen-bond acceptors (Lipinski definition) is 9. The van der Waals surface area contributed by atoms with E-state index in [9.17, 15) is 15.2 Å². The lowest BCUT2D eigenvalue weighted by atomic mass is 9.89. The maximum atomic E-state index is 15.8. The molecule has 4 aliphatic rings. The highest BCUT2D eigenvalue weighted by Crippen LogP contribution is 2.39. The first kappa shape index (κ1) is 50.3. The maximum absolute atomic E-state index is 15.8. The van der Waals surface area contributed by atoms with E-state index in [1.165, 1.54) is 30.2 Å². The molecule has 0 saturated carbocycles. The van der Waals surface area contributed by atoms with Crippen LogP contribution in [0.4, 0.5) is 15.8 Å². The van der Waals surface area contributed by atoms with E-state index in [-0.39, 0.29) is 54.1 Å². The van der Waals surface area contributed by atoms with Crippen LogP contribution in [-0.2, 0) is 60.7 Å². The van der Waals surface area contributed by atoms with Gasteiger partial charge in [-0.15, -0.1) is 0 Å². The van der Waals surface area contributed by atoms with Crippen LogP contribution in [0, 0.1) is 31.0 Å². The largest absolute Gasteiger partial charge is 0.508 e. The summed E-state index contributed by atoms with van der Waals surface area (Å²) in [4.78, 5) is 52.9. The van der Waals surface area contributed by atoms with Crippen molar-refractivity contribution in [2.45, 2.75) is 84.0 Å². The topological polar surface area (TPSA) is 146 Å². The van der Waals surface area contributed by atoms with E-state index in [1.807, 2.05) is 48.6 Å². The molecule has 6 aromatic rings. The number of likely N-dealkylation sites (tertiary alicyclic amines) is 1. The van der Waals surface area contributed by atoms with Gasteiger partial charge in [-0.1, -0.05) is 36.8 Å². The van der Waals surface area contributed by atoms with Gasteiger partial charge in [-0.05, 0) is 135 Å². The molecule has 0 aliphatic carbocycles. The van der Waals surface area contributed by atoms with Crippen molar-refractivity contribution in [2.75, 3.05) is 57.5 Å². The summed E-state index contributed by atoms with van der Waals surface area (Å²) in [7, 11) is 3.68. The highest BCUT2D eigenvalue weighted by Gasteiger charge is 2.36. The fourth-order valence-corrected chi connectivity index (χ4v) is 11.1. The number of ether oxygens (including phenoxy) is 3. The summed E-state index contributed by atoms with van der Waals surface area (Å²) in [6.07, 6.45) is 5.10. The van der Waals surface area contributed by atoms with Crippen molar-refractivity contribution in [3.63, 3.8) is 0 Å². The Morgan fingerprint density at radius 1 is 0.838 bits per heavy atom. The quantitative estimate of drug-likeness (QED) is 0.120.